The van der Waals surface area contributed by atoms with Crippen LogP contribution < -0.4 is 5.32 Å². The maximum absolute atomic E-state index is 3.58. The van der Waals surface area contributed by atoms with Crippen LogP contribution in [0.1, 0.15) is 51.3 Å². The third-order valence-corrected chi connectivity index (χ3v) is 2.73. The molecule has 0 aliphatic heterocycles. The molecular weight excluding hydrogens is 182 g/mol. The summed E-state index contributed by atoms with van der Waals surface area (Å²) in [6, 6.07) is 10.0. The van der Waals surface area contributed by atoms with Gasteiger partial charge in [-0.05, 0) is 24.0 Å². The summed E-state index contributed by atoms with van der Waals surface area (Å²) < 4.78 is 0. The molecule has 0 saturated carbocycles. The van der Waals surface area contributed by atoms with Gasteiger partial charge in [-0.15, -0.1) is 0 Å². The quantitative estimate of drug-likeness (QED) is 0.773. The molecule has 1 nitrogen and oxygen atoms in total. The predicted octanol–water partition coefficient (Wildman–Crippen LogP) is 3.70. The first-order chi connectivity index (χ1) is 7.17. The van der Waals surface area contributed by atoms with Crippen LogP contribution in [-0.2, 0) is 6.42 Å². The van der Waals surface area contributed by atoms with Gasteiger partial charge in [-0.2, -0.15) is 0 Å². The molecule has 1 heteroatoms. The zero-order valence-corrected chi connectivity index (χ0v) is 10.4. The average Bonchev–Trinajstić information content (AvgIpc) is 2.26. The van der Waals surface area contributed by atoms with Crippen molar-refractivity contribution in [2.24, 2.45) is 0 Å². The van der Waals surface area contributed by atoms with Crippen molar-refractivity contribution in [2.75, 3.05) is 0 Å². The van der Waals surface area contributed by atoms with Crippen molar-refractivity contribution in [1.29, 1.82) is 0 Å². The number of hydrogen-bond donors (Lipinski definition) is 1. The normalized spacial score (nSPS) is 13.1. The van der Waals surface area contributed by atoms with Crippen LogP contribution in [0.15, 0.2) is 24.3 Å². The van der Waals surface area contributed by atoms with Crippen LogP contribution in [0.4, 0.5) is 0 Å². The van der Waals surface area contributed by atoms with Gasteiger partial charge in [0.1, 0.15) is 0 Å². The second-order valence-corrected chi connectivity index (χ2v) is 4.38. The molecule has 0 fully saturated rings. The van der Waals surface area contributed by atoms with Crippen molar-refractivity contribution in [3.8, 4) is 0 Å². The maximum atomic E-state index is 3.58. The molecule has 15 heavy (non-hydrogen) atoms. The minimum Gasteiger partial charge on any atom is -0.308 e. The highest BCUT2D eigenvalue weighted by molar-refractivity contribution is 5.25. The summed E-state index contributed by atoms with van der Waals surface area (Å²) in [7, 11) is 0. The molecule has 0 bridgehead atoms. The molecule has 0 amide bonds. The Labute approximate surface area is 93.9 Å². The molecule has 0 spiro atoms. The van der Waals surface area contributed by atoms with Crippen LogP contribution in [0, 0.1) is 0 Å². The standard InChI is InChI=1S/C14H23N/c1-5-12-7-9-13(10-8-12)14(6-2)15-11(3)4/h7-11,14-15H,5-6H2,1-4H3/t14-/m1/s1. The van der Waals surface area contributed by atoms with Crippen LogP contribution in [0.25, 0.3) is 0 Å². The van der Waals surface area contributed by atoms with Gasteiger partial charge in [-0.1, -0.05) is 52.0 Å². The predicted molar refractivity (Wildman–Crippen MR) is 67.1 cm³/mol. The van der Waals surface area contributed by atoms with Crippen LogP contribution in [0.2, 0.25) is 0 Å². The van der Waals surface area contributed by atoms with E-state index in [1.54, 1.807) is 0 Å². The molecule has 1 aromatic rings. The fraction of sp³-hybridized carbons (Fsp3) is 0.571. The van der Waals surface area contributed by atoms with Crippen LogP contribution in [0.5, 0.6) is 0 Å². The van der Waals surface area contributed by atoms with Crippen molar-refractivity contribution < 1.29 is 0 Å². The van der Waals surface area contributed by atoms with Crippen LogP contribution in [0.3, 0.4) is 0 Å². The van der Waals surface area contributed by atoms with Crippen molar-refractivity contribution in [1.82, 2.24) is 5.32 Å². The first-order valence-corrected chi connectivity index (χ1v) is 6.02. The van der Waals surface area contributed by atoms with Crippen LogP contribution in [-0.4, -0.2) is 6.04 Å². The van der Waals surface area contributed by atoms with E-state index in [9.17, 15) is 0 Å². The monoisotopic (exact) mass is 205 g/mol. The van der Waals surface area contributed by atoms with Crippen molar-refractivity contribution in [3.05, 3.63) is 35.4 Å². The third-order valence-electron chi connectivity index (χ3n) is 2.73. The Bertz CT molecular complexity index is 274. The van der Waals surface area contributed by atoms with E-state index in [2.05, 4.69) is 57.3 Å². The van der Waals surface area contributed by atoms with Crippen molar-refractivity contribution in [3.63, 3.8) is 0 Å². The Morgan fingerprint density at radius 3 is 2.07 bits per heavy atom. The second-order valence-electron chi connectivity index (χ2n) is 4.38. The molecule has 1 atom stereocenters. The first-order valence-electron chi connectivity index (χ1n) is 6.02. The highest BCUT2D eigenvalue weighted by Crippen LogP contribution is 2.18. The molecule has 84 valence electrons. The van der Waals surface area contributed by atoms with Gasteiger partial charge in [-0.25, -0.2) is 0 Å². The Hall–Kier alpha value is -0.820. The summed E-state index contributed by atoms with van der Waals surface area (Å²) in [6.07, 6.45) is 2.26. The number of hydrogen-bond acceptors (Lipinski definition) is 1. The summed E-state index contributed by atoms with van der Waals surface area (Å²) >= 11 is 0. The molecule has 0 unspecified atom stereocenters. The zero-order valence-electron chi connectivity index (χ0n) is 10.4. The van der Waals surface area contributed by atoms with E-state index >= 15 is 0 Å². The molecule has 1 N–H and O–H groups in total. The molecule has 1 rings (SSSR count). The molecule has 0 aromatic heterocycles. The maximum Gasteiger partial charge on any atom is 0.0319 e. The summed E-state index contributed by atoms with van der Waals surface area (Å²) in [5, 5.41) is 3.58. The summed E-state index contributed by atoms with van der Waals surface area (Å²) in [5.41, 5.74) is 2.82. The smallest absolute Gasteiger partial charge is 0.0319 e. The van der Waals surface area contributed by atoms with Gasteiger partial charge < -0.3 is 5.32 Å². The number of nitrogens with one attached hydrogen (secondary N) is 1. The van der Waals surface area contributed by atoms with E-state index in [0.29, 0.717) is 12.1 Å². The van der Waals surface area contributed by atoms with E-state index in [1.807, 2.05) is 0 Å². The second kappa shape index (κ2) is 5.92. The fourth-order valence-corrected chi connectivity index (χ4v) is 1.84. The van der Waals surface area contributed by atoms with Gasteiger partial charge in [0.05, 0.1) is 0 Å². The molecule has 0 radical (unpaired) electrons. The molecule has 0 heterocycles. The molecular formula is C14H23N. The van der Waals surface area contributed by atoms with E-state index in [0.717, 1.165) is 12.8 Å². The molecule has 0 saturated heterocycles. The van der Waals surface area contributed by atoms with Gasteiger partial charge in [0.2, 0.25) is 0 Å². The Balaban J connectivity index is 2.74. The minimum absolute atomic E-state index is 0.496. The van der Waals surface area contributed by atoms with Gasteiger partial charge in [0.25, 0.3) is 0 Å². The summed E-state index contributed by atoms with van der Waals surface area (Å²) in [6.45, 7) is 8.82. The minimum atomic E-state index is 0.496. The fourth-order valence-electron chi connectivity index (χ4n) is 1.84. The lowest BCUT2D eigenvalue weighted by Gasteiger charge is -2.20. The Morgan fingerprint density at radius 1 is 1.07 bits per heavy atom. The lowest BCUT2D eigenvalue weighted by Crippen LogP contribution is -2.27. The SMILES string of the molecule is CCc1ccc([C@@H](CC)NC(C)C)cc1. The van der Waals surface area contributed by atoms with Crippen LogP contribution >= 0.6 is 0 Å². The first kappa shape index (κ1) is 12.3. The number of benzene rings is 1. The zero-order chi connectivity index (χ0) is 11.3. The lowest BCUT2D eigenvalue weighted by molar-refractivity contribution is 0.466. The summed E-state index contributed by atoms with van der Waals surface area (Å²) in [5.74, 6) is 0. The molecule has 1 aromatic carbocycles. The van der Waals surface area contributed by atoms with Gasteiger partial charge >= 0.3 is 0 Å². The Morgan fingerprint density at radius 2 is 1.67 bits per heavy atom. The van der Waals surface area contributed by atoms with E-state index in [1.165, 1.54) is 11.1 Å². The van der Waals surface area contributed by atoms with E-state index in [-0.39, 0.29) is 0 Å². The molecule has 0 aliphatic carbocycles. The largest absolute Gasteiger partial charge is 0.308 e. The van der Waals surface area contributed by atoms with Gasteiger partial charge in [0, 0.05) is 12.1 Å². The summed E-state index contributed by atoms with van der Waals surface area (Å²) in [4.78, 5) is 0. The van der Waals surface area contributed by atoms with Gasteiger partial charge in [0.15, 0.2) is 0 Å². The number of aryl methyl sites for hydroxylation is 1. The van der Waals surface area contributed by atoms with Crippen molar-refractivity contribution >= 4 is 0 Å². The average molecular weight is 205 g/mol. The highest BCUT2D eigenvalue weighted by Gasteiger charge is 2.09. The highest BCUT2D eigenvalue weighted by atomic mass is 14.9. The third kappa shape index (κ3) is 3.67. The lowest BCUT2D eigenvalue weighted by atomic mass is 10.0. The van der Waals surface area contributed by atoms with Gasteiger partial charge in [-0.3, -0.25) is 0 Å². The van der Waals surface area contributed by atoms with E-state index < -0.39 is 0 Å². The van der Waals surface area contributed by atoms with E-state index in [4.69, 9.17) is 0 Å². The molecule has 0 aliphatic rings. The van der Waals surface area contributed by atoms with Crippen molar-refractivity contribution in [2.45, 2.75) is 52.6 Å². The number of rotatable bonds is 5. The Kier molecular flexibility index (Phi) is 4.83. The topological polar surface area (TPSA) is 12.0 Å².